The second-order valence-corrected chi connectivity index (χ2v) is 2.24. The minimum absolute atomic E-state index is 0.153. The number of hydrogen-bond donors (Lipinski definition) is 0. The van der Waals surface area contributed by atoms with Crippen LogP contribution in [-0.2, 0) is 9.47 Å². The van der Waals surface area contributed by atoms with E-state index >= 15 is 0 Å². The first-order valence-corrected chi connectivity index (χ1v) is 3.92. The summed E-state index contributed by atoms with van der Waals surface area (Å²) in [6.07, 6.45) is 1.93. The average molecular weight is 198 g/mol. The van der Waals surface area contributed by atoms with Crippen LogP contribution in [0, 0.1) is 0 Å². The van der Waals surface area contributed by atoms with E-state index in [1.807, 2.05) is 0 Å². The predicted octanol–water partition coefficient (Wildman–Crippen LogP) is 0.638. The molecule has 0 radical (unpaired) electrons. The van der Waals surface area contributed by atoms with Gasteiger partial charge in [-0.05, 0) is 0 Å². The number of rotatable bonds is 4. The fourth-order valence-electron chi connectivity index (χ4n) is 0.662. The molecule has 0 N–H and O–H groups in total. The third-order valence-corrected chi connectivity index (χ3v) is 1.25. The predicted molar refractivity (Wildman–Crippen MR) is 45.9 cm³/mol. The van der Waals surface area contributed by atoms with Crippen LogP contribution in [0.3, 0.4) is 0 Å². The Balaban J connectivity index is 2.27. The van der Waals surface area contributed by atoms with Crippen LogP contribution in [-0.4, -0.2) is 36.4 Å². The smallest absolute Gasteiger partial charge is 0.431 e. The molecule has 0 amide bonds. The highest BCUT2D eigenvalue weighted by Crippen LogP contribution is 2.02. The van der Waals surface area contributed by atoms with Crippen molar-refractivity contribution in [2.24, 2.45) is 0 Å². The van der Waals surface area contributed by atoms with Gasteiger partial charge in [-0.25, -0.2) is 14.8 Å². The molecule has 0 saturated heterocycles. The van der Waals surface area contributed by atoms with Gasteiger partial charge in [0.05, 0.1) is 6.61 Å². The standard InChI is InChI=1S/C8H10N2O4/c1-12-4-5-13-8(11)14-7-2-3-9-6-10-7/h2-3,6H,4-5H2,1H3. The molecule has 0 aromatic carbocycles. The van der Waals surface area contributed by atoms with Crippen LogP contribution < -0.4 is 4.74 Å². The Kier molecular flexibility index (Phi) is 4.36. The average Bonchev–Trinajstić information content (AvgIpc) is 2.20. The highest BCUT2D eigenvalue weighted by Gasteiger charge is 2.05. The first kappa shape index (κ1) is 10.4. The minimum atomic E-state index is -0.805. The van der Waals surface area contributed by atoms with Gasteiger partial charge in [-0.15, -0.1) is 0 Å². The Morgan fingerprint density at radius 1 is 1.50 bits per heavy atom. The van der Waals surface area contributed by atoms with Crippen molar-refractivity contribution in [2.75, 3.05) is 20.3 Å². The minimum Gasteiger partial charge on any atom is -0.431 e. The SMILES string of the molecule is COCCOC(=O)Oc1ccncn1. The molecule has 14 heavy (non-hydrogen) atoms. The maximum Gasteiger partial charge on any atom is 0.515 e. The molecule has 6 nitrogen and oxygen atoms in total. The molecule has 1 rings (SSSR count). The van der Waals surface area contributed by atoms with Gasteiger partial charge in [-0.1, -0.05) is 0 Å². The van der Waals surface area contributed by atoms with E-state index in [-0.39, 0.29) is 12.5 Å². The van der Waals surface area contributed by atoms with Crippen LogP contribution in [0.25, 0.3) is 0 Å². The fourth-order valence-corrected chi connectivity index (χ4v) is 0.662. The van der Waals surface area contributed by atoms with E-state index in [0.29, 0.717) is 6.61 Å². The van der Waals surface area contributed by atoms with E-state index < -0.39 is 6.16 Å². The van der Waals surface area contributed by atoms with Gasteiger partial charge in [-0.3, -0.25) is 0 Å². The number of ether oxygens (including phenoxy) is 3. The monoisotopic (exact) mass is 198 g/mol. The summed E-state index contributed by atoms with van der Waals surface area (Å²) in [7, 11) is 1.51. The third kappa shape index (κ3) is 3.81. The molecule has 0 fully saturated rings. The molecule has 1 heterocycles. The molecular weight excluding hydrogens is 188 g/mol. The van der Waals surface area contributed by atoms with E-state index in [1.54, 1.807) is 0 Å². The largest absolute Gasteiger partial charge is 0.515 e. The Hall–Kier alpha value is -1.69. The van der Waals surface area contributed by atoms with E-state index in [0.717, 1.165) is 0 Å². The first-order valence-electron chi connectivity index (χ1n) is 3.92. The second-order valence-electron chi connectivity index (χ2n) is 2.24. The zero-order valence-corrected chi connectivity index (χ0v) is 7.67. The molecule has 0 spiro atoms. The van der Waals surface area contributed by atoms with Crippen molar-refractivity contribution in [1.29, 1.82) is 0 Å². The molecule has 0 bridgehead atoms. The normalized spacial score (nSPS) is 9.50. The van der Waals surface area contributed by atoms with Crippen LogP contribution in [0.2, 0.25) is 0 Å². The van der Waals surface area contributed by atoms with Crippen molar-refractivity contribution in [2.45, 2.75) is 0 Å². The summed E-state index contributed by atoms with van der Waals surface area (Å²) in [5.41, 5.74) is 0. The van der Waals surface area contributed by atoms with Gasteiger partial charge in [-0.2, -0.15) is 0 Å². The molecule has 1 aromatic heterocycles. The lowest BCUT2D eigenvalue weighted by molar-refractivity contribution is 0.0675. The molecule has 0 saturated carbocycles. The summed E-state index contributed by atoms with van der Waals surface area (Å²) in [6.45, 7) is 0.485. The van der Waals surface area contributed by atoms with Crippen LogP contribution in [0.4, 0.5) is 4.79 Å². The molecule has 0 aliphatic rings. The van der Waals surface area contributed by atoms with E-state index in [1.165, 1.54) is 25.7 Å². The number of methoxy groups -OCH3 is 1. The zero-order chi connectivity index (χ0) is 10.2. The van der Waals surface area contributed by atoms with Gasteiger partial charge in [0, 0.05) is 19.4 Å². The summed E-state index contributed by atoms with van der Waals surface area (Å²) in [5, 5.41) is 0. The Morgan fingerprint density at radius 3 is 3.00 bits per heavy atom. The second kappa shape index (κ2) is 5.87. The van der Waals surface area contributed by atoms with Crippen molar-refractivity contribution >= 4 is 6.16 Å². The summed E-state index contributed by atoms with van der Waals surface area (Å²) in [5.74, 6) is 0.155. The van der Waals surface area contributed by atoms with Gasteiger partial charge >= 0.3 is 6.16 Å². The van der Waals surface area contributed by atoms with Gasteiger partial charge in [0.25, 0.3) is 0 Å². The molecule has 1 aromatic rings. The molecule has 0 atom stereocenters. The Labute approximate surface area is 80.8 Å². The summed E-state index contributed by atoms with van der Waals surface area (Å²) in [4.78, 5) is 18.3. The Morgan fingerprint density at radius 2 is 2.36 bits per heavy atom. The molecule has 0 unspecified atom stereocenters. The van der Waals surface area contributed by atoms with Crippen LogP contribution >= 0.6 is 0 Å². The van der Waals surface area contributed by atoms with Crippen LogP contribution in [0.15, 0.2) is 18.6 Å². The Bertz CT molecular complexity index is 278. The van der Waals surface area contributed by atoms with Gasteiger partial charge < -0.3 is 14.2 Å². The van der Waals surface area contributed by atoms with Crippen molar-refractivity contribution in [3.8, 4) is 5.88 Å². The third-order valence-electron chi connectivity index (χ3n) is 1.25. The topological polar surface area (TPSA) is 70.5 Å². The zero-order valence-electron chi connectivity index (χ0n) is 7.67. The lowest BCUT2D eigenvalue weighted by Gasteiger charge is -2.03. The summed E-state index contributed by atoms with van der Waals surface area (Å²) >= 11 is 0. The van der Waals surface area contributed by atoms with Crippen LogP contribution in [0.1, 0.15) is 0 Å². The number of hydrogen-bond acceptors (Lipinski definition) is 6. The lowest BCUT2D eigenvalue weighted by Crippen LogP contribution is -2.14. The van der Waals surface area contributed by atoms with Crippen LogP contribution in [0.5, 0.6) is 5.88 Å². The number of nitrogens with zero attached hydrogens (tertiary/aromatic N) is 2. The highest BCUT2D eigenvalue weighted by molar-refractivity contribution is 5.62. The lowest BCUT2D eigenvalue weighted by atomic mass is 10.6. The number of carbonyl (C=O) groups is 1. The van der Waals surface area contributed by atoms with Gasteiger partial charge in [0.2, 0.25) is 5.88 Å². The molecular formula is C8H10N2O4. The van der Waals surface area contributed by atoms with Crippen molar-refractivity contribution in [3.63, 3.8) is 0 Å². The maximum atomic E-state index is 10.9. The molecule has 0 aliphatic carbocycles. The number of aromatic nitrogens is 2. The van der Waals surface area contributed by atoms with Gasteiger partial charge in [0.1, 0.15) is 12.9 Å². The van der Waals surface area contributed by atoms with E-state index in [9.17, 15) is 4.79 Å². The summed E-state index contributed by atoms with van der Waals surface area (Å²) < 4.78 is 14.0. The fraction of sp³-hybridized carbons (Fsp3) is 0.375. The molecule has 76 valence electrons. The highest BCUT2D eigenvalue weighted by atomic mass is 16.7. The first-order chi connectivity index (χ1) is 6.83. The van der Waals surface area contributed by atoms with E-state index in [4.69, 9.17) is 4.74 Å². The maximum absolute atomic E-state index is 10.9. The molecule has 6 heteroatoms. The molecule has 0 aliphatic heterocycles. The van der Waals surface area contributed by atoms with Crippen molar-refractivity contribution < 1.29 is 19.0 Å². The van der Waals surface area contributed by atoms with Crippen molar-refractivity contribution in [1.82, 2.24) is 9.97 Å². The summed E-state index contributed by atoms with van der Waals surface area (Å²) in [6, 6.07) is 1.46. The quantitative estimate of drug-likeness (QED) is 0.522. The number of carbonyl (C=O) groups excluding carboxylic acids is 1. The van der Waals surface area contributed by atoms with Crippen molar-refractivity contribution in [3.05, 3.63) is 18.6 Å². The van der Waals surface area contributed by atoms with E-state index in [2.05, 4.69) is 19.4 Å². The van der Waals surface area contributed by atoms with Gasteiger partial charge in [0.15, 0.2) is 0 Å².